The van der Waals surface area contributed by atoms with Gasteiger partial charge in [0.25, 0.3) is 0 Å². The molecule has 0 unspecified atom stereocenters. The van der Waals surface area contributed by atoms with Gasteiger partial charge in [-0.2, -0.15) is 20.7 Å². The summed E-state index contributed by atoms with van der Waals surface area (Å²) in [6.45, 7) is 3.67. The van der Waals surface area contributed by atoms with Crippen LogP contribution in [0.2, 0.25) is 0 Å². The van der Waals surface area contributed by atoms with Crippen LogP contribution in [0, 0.1) is 42.3 Å². The van der Waals surface area contributed by atoms with Crippen molar-refractivity contribution >= 4 is 11.4 Å². The zero-order valence-electron chi connectivity index (χ0n) is 11.4. The van der Waals surface area contributed by atoms with Crippen LogP contribution in [0.5, 0.6) is 0 Å². The molecule has 104 valence electrons. The summed E-state index contributed by atoms with van der Waals surface area (Å²) in [5.41, 5.74) is 4.39. The van der Waals surface area contributed by atoms with Crippen molar-refractivity contribution in [3.63, 3.8) is 0 Å². The van der Waals surface area contributed by atoms with E-state index in [1.807, 2.05) is 19.9 Å². The summed E-state index contributed by atoms with van der Waals surface area (Å²) in [5.74, 6) is -0.489. The molecule has 0 aliphatic heterocycles. The monoisotopic (exact) mass is 282 g/mol. The molecule has 0 atom stereocenters. The van der Waals surface area contributed by atoms with Crippen molar-refractivity contribution in [1.29, 1.82) is 10.5 Å². The normalized spacial score (nSPS) is 9.57. The number of aryl methyl sites for hydroxylation is 2. The van der Waals surface area contributed by atoms with Crippen molar-refractivity contribution in [1.82, 2.24) is 9.78 Å². The lowest BCUT2D eigenvalue weighted by molar-refractivity contribution is 0.608. The first-order valence-corrected chi connectivity index (χ1v) is 6.02. The molecule has 1 aromatic carbocycles. The lowest BCUT2D eigenvalue weighted by atomic mass is 10.2. The lowest BCUT2D eigenvalue weighted by Crippen LogP contribution is -2.03. The zero-order chi connectivity index (χ0) is 15.4. The van der Waals surface area contributed by atoms with Gasteiger partial charge in [-0.1, -0.05) is 0 Å². The fraction of sp³-hybridized carbons (Fsp3) is 0.143. The Morgan fingerprint density at radius 2 is 2.00 bits per heavy atom. The standard InChI is InChI=1S/C14H11FN6/c1-9-5-10(2)21(20-9)14-4-3-11(6-13(14)15)18-19-12(7-16)8-17/h3-6,18H,1-2H3. The number of aromatic nitrogens is 2. The number of benzene rings is 1. The second-order valence-corrected chi connectivity index (χ2v) is 4.30. The Kier molecular flexibility index (Phi) is 3.96. The van der Waals surface area contributed by atoms with Crippen molar-refractivity contribution in [2.45, 2.75) is 13.8 Å². The molecule has 2 aromatic rings. The molecule has 2 rings (SSSR count). The van der Waals surface area contributed by atoms with Crippen LogP contribution in [0.3, 0.4) is 0 Å². The van der Waals surface area contributed by atoms with Gasteiger partial charge in [0.1, 0.15) is 17.8 Å². The average Bonchev–Trinajstić information content (AvgIpc) is 2.79. The Morgan fingerprint density at radius 1 is 1.29 bits per heavy atom. The third kappa shape index (κ3) is 3.04. The first-order chi connectivity index (χ1) is 10.0. The minimum atomic E-state index is -0.489. The highest BCUT2D eigenvalue weighted by Crippen LogP contribution is 2.19. The largest absolute Gasteiger partial charge is 0.276 e. The maximum absolute atomic E-state index is 14.1. The van der Waals surface area contributed by atoms with Crippen molar-refractivity contribution < 1.29 is 4.39 Å². The van der Waals surface area contributed by atoms with Crippen LogP contribution in [-0.2, 0) is 0 Å². The highest BCUT2D eigenvalue weighted by molar-refractivity contribution is 6.10. The smallest absolute Gasteiger partial charge is 0.237 e. The maximum atomic E-state index is 14.1. The predicted molar refractivity (Wildman–Crippen MR) is 75.3 cm³/mol. The number of nitrogens with one attached hydrogen (secondary N) is 1. The van der Waals surface area contributed by atoms with E-state index in [0.717, 1.165) is 11.4 Å². The van der Waals surface area contributed by atoms with Gasteiger partial charge in [-0.3, -0.25) is 5.43 Å². The molecule has 0 aliphatic carbocycles. The van der Waals surface area contributed by atoms with E-state index in [1.54, 1.807) is 24.3 Å². The van der Waals surface area contributed by atoms with E-state index in [9.17, 15) is 4.39 Å². The first kappa shape index (κ1) is 14.2. The molecule has 0 radical (unpaired) electrons. The van der Waals surface area contributed by atoms with E-state index in [4.69, 9.17) is 10.5 Å². The maximum Gasteiger partial charge on any atom is 0.237 e. The van der Waals surface area contributed by atoms with Gasteiger partial charge in [-0.05, 0) is 32.0 Å². The average molecular weight is 282 g/mol. The number of anilines is 1. The number of halogens is 1. The van der Waals surface area contributed by atoms with Crippen LogP contribution in [0.4, 0.5) is 10.1 Å². The highest BCUT2D eigenvalue weighted by atomic mass is 19.1. The molecule has 0 saturated heterocycles. The van der Waals surface area contributed by atoms with E-state index in [0.29, 0.717) is 11.4 Å². The van der Waals surface area contributed by atoms with E-state index < -0.39 is 5.82 Å². The van der Waals surface area contributed by atoms with E-state index in [2.05, 4.69) is 15.6 Å². The summed E-state index contributed by atoms with van der Waals surface area (Å²) in [6.07, 6.45) is 0. The summed E-state index contributed by atoms with van der Waals surface area (Å²) < 4.78 is 15.6. The van der Waals surface area contributed by atoms with Crippen LogP contribution in [0.15, 0.2) is 29.4 Å². The molecule has 1 N–H and O–H groups in total. The molecule has 0 aliphatic rings. The first-order valence-electron chi connectivity index (χ1n) is 6.02. The highest BCUT2D eigenvalue weighted by Gasteiger charge is 2.09. The van der Waals surface area contributed by atoms with Gasteiger partial charge in [0.05, 0.1) is 11.4 Å². The molecule has 0 fully saturated rings. The van der Waals surface area contributed by atoms with Gasteiger partial charge in [0.15, 0.2) is 5.82 Å². The van der Waals surface area contributed by atoms with Crippen LogP contribution in [-0.4, -0.2) is 15.5 Å². The molecule has 0 saturated carbocycles. The van der Waals surface area contributed by atoms with Crippen LogP contribution in [0.1, 0.15) is 11.4 Å². The number of hydrogen-bond acceptors (Lipinski definition) is 5. The van der Waals surface area contributed by atoms with Gasteiger partial charge in [-0.25, -0.2) is 9.07 Å². The molecular formula is C14H11FN6. The second-order valence-electron chi connectivity index (χ2n) is 4.30. The van der Waals surface area contributed by atoms with Crippen molar-refractivity contribution in [3.05, 3.63) is 41.5 Å². The Balaban J connectivity index is 2.31. The third-order valence-corrected chi connectivity index (χ3v) is 2.69. The van der Waals surface area contributed by atoms with Gasteiger partial charge in [-0.15, -0.1) is 0 Å². The molecule has 0 spiro atoms. The quantitative estimate of drug-likeness (QED) is 0.691. The van der Waals surface area contributed by atoms with Crippen molar-refractivity contribution in [2.75, 3.05) is 5.43 Å². The summed E-state index contributed by atoms with van der Waals surface area (Å²) in [7, 11) is 0. The Bertz CT molecular complexity index is 775. The number of hydrogen-bond donors (Lipinski definition) is 1. The summed E-state index contributed by atoms with van der Waals surface area (Å²) in [5, 5.41) is 24.9. The Morgan fingerprint density at radius 3 is 2.52 bits per heavy atom. The van der Waals surface area contributed by atoms with Crippen LogP contribution in [0.25, 0.3) is 5.69 Å². The van der Waals surface area contributed by atoms with Crippen LogP contribution < -0.4 is 5.43 Å². The molecule has 6 nitrogen and oxygen atoms in total. The zero-order valence-corrected chi connectivity index (χ0v) is 11.4. The predicted octanol–water partition coefficient (Wildman–Crippen LogP) is 2.44. The SMILES string of the molecule is Cc1cc(C)n(-c2ccc(NN=C(C#N)C#N)cc2F)n1. The fourth-order valence-electron chi connectivity index (χ4n) is 1.82. The number of nitrogens with zero attached hydrogens (tertiary/aromatic N) is 5. The minimum absolute atomic E-state index is 0.316. The number of rotatable bonds is 3. The van der Waals surface area contributed by atoms with Gasteiger partial charge in [0, 0.05) is 11.8 Å². The van der Waals surface area contributed by atoms with E-state index in [1.165, 1.54) is 10.7 Å². The van der Waals surface area contributed by atoms with Gasteiger partial charge < -0.3 is 0 Å². The summed E-state index contributed by atoms with van der Waals surface area (Å²) in [6, 6.07) is 9.41. The van der Waals surface area contributed by atoms with E-state index in [-0.39, 0.29) is 5.71 Å². The molecule has 1 aromatic heterocycles. The van der Waals surface area contributed by atoms with Crippen molar-refractivity contribution in [2.24, 2.45) is 5.10 Å². The minimum Gasteiger partial charge on any atom is -0.276 e. The van der Waals surface area contributed by atoms with Crippen molar-refractivity contribution in [3.8, 4) is 17.8 Å². The molecule has 1 heterocycles. The van der Waals surface area contributed by atoms with E-state index >= 15 is 0 Å². The molecule has 0 amide bonds. The Hall–Kier alpha value is -3.19. The van der Waals surface area contributed by atoms with Gasteiger partial charge in [0.2, 0.25) is 5.71 Å². The second kappa shape index (κ2) is 5.85. The third-order valence-electron chi connectivity index (χ3n) is 2.69. The molecular weight excluding hydrogens is 271 g/mol. The molecule has 7 heteroatoms. The molecule has 21 heavy (non-hydrogen) atoms. The summed E-state index contributed by atoms with van der Waals surface area (Å²) >= 11 is 0. The number of nitriles is 2. The lowest BCUT2D eigenvalue weighted by Gasteiger charge is -2.07. The van der Waals surface area contributed by atoms with Crippen LogP contribution >= 0.6 is 0 Å². The summed E-state index contributed by atoms with van der Waals surface area (Å²) in [4.78, 5) is 0. The van der Waals surface area contributed by atoms with Gasteiger partial charge >= 0.3 is 0 Å². The molecule has 0 bridgehead atoms. The Labute approximate surface area is 120 Å². The number of hydrazone groups is 1. The fourth-order valence-corrected chi connectivity index (χ4v) is 1.82. The topological polar surface area (TPSA) is 89.8 Å².